The molecule has 1 aliphatic heterocycles. The van der Waals surface area contributed by atoms with Crippen molar-refractivity contribution in [2.75, 3.05) is 6.54 Å². The van der Waals surface area contributed by atoms with E-state index >= 15 is 0 Å². The van der Waals surface area contributed by atoms with Crippen LogP contribution in [0.3, 0.4) is 0 Å². The number of benzene rings is 2. The average Bonchev–Trinajstić information content (AvgIpc) is 3.27. The number of carbonyl (C=O) groups is 1. The Hall–Kier alpha value is -2.62. The molecule has 4 nitrogen and oxygen atoms in total. The quantitative estimate of drug-likeness (QED) is 0.660. The van der Waals surface area contributed by atoms with E-state index in [2.05, 4.69) is 37.3 Å². The first-order valence-electron chi connectivity index (χ1n) is 9.31. The summed E-state index contributed by atoms with van der Waals surface area (Å²) in [5.41, 5.74) is 5.21. The van der Waals surface area contributed by atoms with Gasteiger partial charge in [-0.2, -0.15) is 0 Å². The van der Waals surface area contributed by atoms with Crippen molar-refractivity contribution in [2.45, 2.75) is 39.7 Å². The standard InChI is InChI=1S/C22H24N2O2/c1-14(2)22(25)24-12-6-9-19(24)21-23-18-13-16(10-11-20(18)26-21)17-8-5-4-7-15(17)3/h4-5,7-8,10-11,13-14,19H,6,9,12H2,1-3H3/t19-/m0/s1. The van der Waals surface area contributed by atoms with Crippen LogP contribution in [-0.2, 0) is 4.79 Å². The second-order valence-corrected chi connectivity index (χ2v) is 7.39. The maximum absolute atomic E-state index is 12.5. The minimum atomic E-state index is -0.0424. The van der Waals surface area contributed by atoms with Crippen molar-refractivity contribution in [3.8, 4) is 11.1 Å². The number of amides is 1. The number of oxazole rings is 1. The van der Waals surface area contributed by atoms with Gasteiger partial charge in [-0.05, 0) is 48.6 Å². The van der Waals surface area contributed by atoms with Crippen molar-refractivity contribution in [3.63, 3.8) is 0 Å². The highest BCUT2D eigenvalue weighted by atomic mass is 16.3. The second kappa shape index (κ2) is 6.60. The number of hydrogen-bond acceptors (Lipinski definition) is 3. The fourth-order valence-corrected chi connectivity index (χ4v) is 3.77. The van der Waals surface area contributed by atoms with Crippen molar-refractivity contribution in [2.24, 2.45) is 5.92 Å². The SMILES string of the molecule is Cc1ccccc1-c1ccc2oc([C@@H]3CCCN3C(=O)C(C)C)nc2c1. The van der Waals surface area contributed by atoms with Crippen molar-refractivity contribution >= 4 is 17.0 Å². The fourth-order valence-electron chi connectivity index (χ4n) is 3.77. The molecule has 1 fully saturated rings. The van der Waals surface area contributed by atoms with Gasteiger partial charge in [-0.15, -0.1) is 0 Å². The van der Waals surface area contributed by atoms with Crippen LogP contribution in [0.15, 0.2) is 46.9 Å². The van der Waals surface area contributed by atoms with E-state index in [4.69, 9.17) is 9.40 Å². The third-order valence-electron chi connectivity index (χ3n) is 5.18. The number of nitrogens with zero attached hydrogens (tertiary/aromatic N) is 2. The molecule has 1 saturated heterocycles. The van der Waals surface area contributed by atoms with Gasteiger partial charge in [-0.25, -0.2) is 4.98 Å². The van der Waals surface area contributed by atoms with Gasteiger partial charge in [0.2, 0.25) is 11.8 Å². The van der Waals surface area contributed by atoms with Crippen LogP contribution in [0.25, 0.3) is 22.2 Å². The molecule has 1 amide bonds. The molecule has 134 valence electrons. The molecule has 0 spiro atoms. The Bertz CT molecular complexity index is 958. The fraction of sp³-hybridized carbons (Fsp3) is 0.364. The van der Waals surface area contributed by atoms with Crippen LogP contribution in [-0.4, -0.2) is 22.3 Å². The largest absolute Gasteiger partial charge is 0.438 e. The van der Waals surface area contributed by atoms with Crippen molar-refractivity contribution in [1.29, 1.82) is 0 Å². The molecule has 26 heavy (non-hydrogen) atoms. The summed E-state index contributed by atoms with van der Waals surface area (Å²) in [5, 5.41) is 0. The minimum Gasteiger partial charge on any atom is -0.438 e. The topological polar surface area (TPSA) is 46.3 Å². The van der Waals surface area contributed by atoms with Crippen LogP contribution in [0.1, 0.15) is 44.2 Å². The highest BCUT2D eigenvalue weighted by Crippen LogP contribution is 2.35. The molecular weight excluding hydrogens is 324 g/mol. The van der Waals surface area contributed by atoms with E-state index in [1.807, 2.05) is 30.9 Å². The zero-order chi connectivity index (χ0) is 18.3. The predicted octanol–water partition coefficient (Wildman–Crippen LogP) is 5.12. The third-order valence-corrected chi connectivity index (χ3v) is 5.18. The number of likely N-dealkylation sites (tertiary alicyclic amines) is 1. The van der Waals surface area contributed by atoms with Gasteiger partial charge in [-0.3, -0.25) is 4.79 Å². The summed E-state index contributed by atoms with van der Waals surface area (Å²) in [6, 6.07) is 14.4. The molecule has 0 saturated carbocycles. The van der Waals surface area contributed by atoms with Crippen molar-refractivity contribution < 1.29 is 9.21 Å². The molecule has 0 radical (unpaired) electrons. The maximum Gasteiger partial charge on any atom is 0.225 e. The predicted molar refractivity (Wildman–Crippen MR) is 103 cm³/mol. The van der Waals surface area contributed by atoms with E-state index in [-0.39, 0.29) is 17.9 Å². The summed E-state index contributed by atoms with van der Waals surface area (Å²) >= 11 is 0. The van der Waals surface area contributed by atoms with Crippen LogP contribution in [0.4, 0.5) is 0 Å². The van der Waals surface area contributed by atoms with Gasteiger partial charge in [0.05, 0.1) is 0 Å². The molecule has 1 aromatic heterocycles. The first-order chi connectivity index (χ1) is 12.5. The summed E-state index contributed by atoms with van der Waals surface area (Å²) < 4.78 is 6.03. The molecular formula is C22H24N2O2. The first kappa shape index (κ1) is 16.8. The lowest BCUT2D eigenvalue weighted by atomic mass is 10.0. The summed E-state index contributed by atoms with van der Waals surface area (Å²) in [7, 11) is 0. The Kier molecular flexibility index (Phi) is 4.27. The van der Waals surface area contributed by atoms with E-state index in [9.17, 15) is 4.79 Å². The van der Waals surface area contributed by atoms with Crippen molar-refractivity contribution in [1.82, 2.24) is 9.88 Å². The molecule has 1 atom stereocenters. The maximum atomic E-state index is 12.5. The van der Waals surface area contributed by atoms with E-state index in [1.54, 1.807) is 0 Å². The average molecular weight is 348 g/mol. The zero-order valence-electron chi connectivity index (χ0n) is 15.5. The summed E-state index contributed by atoms with van der Waals surface area (Å²) in [4.78, 5) is 19.1. The van der Waals surface area contributed by atoms with Gasteiger partial charge in [0.15, 0.2) is 5.58 Å². The Labute approximate surface area is 153 Å². The monoisotopic (exact) mass is 348 g/mol. The Morgan fingerprint density at radius 3 is 2.81 bits per heavy atom. The molecule has 2 aromatic carbocycles. The molecule has 0 N–H and O–H groups in total. The van der Waals surface area contributed by atoms with Crippen LogP contribution in [0.5, 0.6) is 0 Å². The number of hydrogen-bond donors (Lipinski definition) is 0. The summed E-state index contributed by atoms with van der Waals surface area (Å²) in [6.45, 7) is 6.78. The van der Waals surface area contributed by atoms with Crippen LogP contribution in [0.2, 0.25) is 0 Å². The number of fused-ring (bicyclic) bond motifs is 1. The summed E-state index contributed by atoms with van der Waals surface area (Å²) in [5.74, 6) is 0.830. The van der Waals surface area contributed by atoms with Gasteiger partial charge in [0.1, 0.15) is 11.6 Å². The normalized spacial score (nSPS) is 17.4. The molecule has 0 bridgehead atoms. The van der Waals surface area contributed by atoms with E-state index < -0.39 is 0 Å². The highest BCUT2D eigenvalue weighted by molar-refractivity contribution is 5.82. The number of aromatic nitrogens is 1. The Morgan fingerprint density at radius 2 is 2.04 bits per heavy atom. The van der Waals surface area contributed by atoms with E-state index in [0.717, 1.165) is 36.0 Å². The highest BCUT2D eigenvalue weighted by Gasteiger charge is 2.34. The Balaban J connectivity index is 1.70. The van der Waals surface area contributed by atoms with Gasteiger partial charge in [0.25, 0.3) is 0 Å². The van der Waals surface area contributed by atoms with Crippen LogP contribution in [0, 0.1) is 12.8 Å². The van der Waals surface area contributed by atoms with Crippen LogP contribution >= 0.6 is 0 Å². The zero-order valence-corrected chi connectivity index (χ0v) is 15.5. The molecule has 2 heterocycles. The second-order valence-electron chi connectivity index (χ2n) is 7.39. The van der Waals surface area contributed by atoms with Gasteiger partial charge in [-0.1, -0.05) is 44.2 Å². The molecule has 3 aromatic rings. The van der Waals surface area contributed by atoms with E-state index in [1.165, 1.54) is 11.1 Å². The molecule has 4 heteroatoms. The first-order valence-corrected chi connectivity index (χ1v) is 9.31. The van der Waals surface area contributed by atoms with Gasteiger partial charge in [0, 0.05) is 12.5 Å². The summed E-state index contributed by atoms with van der Waals surface area (Å²) in [6.07, 6.45) is 1.91. The van der Waals surface area contributed by atoms with Gasteiger partial charge >= 0.3 is 0 Å². The number of aryl methyl sites for hydroxylation is 1. The molecule has 0 aliphatic carbocycles. The molecule has 1 aliphatic rings. The number of rotatable bonds is 3. The Morgan fingerprint density at radius 1 is 1.23 bits per heavy atom. The number of carbonyl (C=O) groups excluding carboxylic acids is 1. The van der Waals surface area contributed by atoms with Crippen molar-refractivity contribution in [3.05, 3.63) is 53.9 Å². The third kappa shape index (κ3) is 2.90. The lowest BCUT2D eigenvalue weighted by molar-refractivity contribution is -0.135. The smallest absolute Gasteiger partial charge is 0.225 e. The minimum absolute atomic E-state index is 0.00682. The lowest BCUT2D eigenvalue weighted by Gasteiger charge is -2.24. The molecule has 0 unspecified atom stereocenters. The lowest BCUT2D eigenvalue weighted by Crippen LogP contribution is -2.33. The van der Waals surface area contributed by atoms with Gasteiger partial charge < -0.3 is 9.32 Å². The van der Waals surface area contributed by atoms with E-state index in [0.29, 0.717) is 5.89 Å². The molecule has 4 rings (SSSR count). The van der Waals surface area contributed by atoms with Crippen LogP contribution < -0.4 is 0 Å².